The van der Waals surface area contributed by atoms with Crippen molar-refractivity contribution >= 4 is 136 Å². The first kappa shape index (κ1) is 83.5. The van der Waals surface area contributed by atoms with Gasteiger partial charge in [-0.1, -0.05) is 227 Å². The highest BCUT2D eigenvalue weighted by Gasteiger charge is 2.56. The number of hydrogen-bond acceptors (Lipinski definition) is 12. The highest BCUT2D eigenvalue weighted by Crippen LogP contribution is 2.71. The maximum atomic E-state index is 15.1. The van der Waals surface area contributed by atoms with Crippen molar-refractivity contribution in [2.75, 3.05) is 26.4 Å². The normalized spacial score (nSPS) is 18.2. The number of thiophene rings is 4. The van der Waals surface area contributed by atoms with Gasteiger partial charge in [0.15, 0.2) is 11.6 Å². The molecule has 0 aliphatic heterocycles. The molecule has 0 bridgehead atoms. The van der Waals surface area contributed by atoms with Gasteiger partial charge in [-0.2, -0.15) is 0 Å². The molecule has 0 fully saturated rings. The predicted octanol–water partition coefficient (Wildman–Crippen LogP) is 29.7. The van der Waals surface area contributed by atoms with Crippen LogP contribution < -0.4 is 18.9 Å². The lowest BCUT2D eigenvalue weighted by molar-refractivity contribution is 0.103. The van der Waals surface area contributed by atoms with Crippen LogP contribution in [0.2, 0.25) is 20.1 Å². The molecule has 14 rings (SSSR count). The quantitative estimate of drug-likeness (QED) is 0.0222. The summed E-state index contributed by atoms with van der Waals surface area (Å²) in [4.78, 5) is 43.2. The molecule has 4 heterocycles. The Kier molecular flexibility index (Phi) is 26.3. The number of benzene rings is 6. The van der Waals surface area contributed by atoms with E-state index in [9.17, 15) is 10.5 Å². The second kappa shape index (κ2) is 36.5. The molecule has 0 spiro atoms. The van der Waals surface area contributed by atoms with E-state index in [0.717, 1.165) is 209 Å². The van der Waals surface area contributed by atoms with Crippen LogP contribution in [-0.2, 0) is 10.8 Å². The Morgan fingerprint density at radius 1 is 0.414 bits per heavy atom. The minimum absolute atomic E-state index is 0.182. The third-order valence-corrected chi connectivity index (χ3v) is 30.3. The Balaban J connectivity index is 1.06. The highest BCUT2D eigenvalue weighted by molar-refractivity contribution is 7.32. The number of halogens is 4. The van der Waals surface area contributed by atoms with Gasteiger partial charge in [0, 0.05) is 84.9 Å². The molecule has 0 saturated carbocycles. The fourth-order valence-electron chi connectivity index (χ4n) is 17.2. The zero-order valence-corrected chi connectivity index (χ0v) is 73.0. The van der Waals surface area contributed by atoms with Crippen LogP contribution in [-0.4, -0.2) is 38.0 Å². The lowest BCUT2D eigenvalue weighted by Gasteiger charge is -2.33. The molecule has 592 valence electrons. The standard InChI is InChI=1S/C98H92Cl4N4O6S4/c1-11-19-23-57(15-5)53-109-65-35-27-61(28-36-65)97(62-29-37-66(38-30-62)110-54-58(16-6)24-20-12-2)87-91(77-45-69(113-95(77)97)43-75-85(83(51-103)105-9)71-47-79(99)81(101)49-73(71)89(75)107)115-94-88-92(116-93(87)94)78-46-70(44-76-86(84(52-104)106-10)72-48-80(100)82(102)50-74(72)90(76)108)114-96(78)98(88,63-31-39-67(40-32-63)111-55-59(17-7)25-21-13-3)64-33-41-68(42-34-64)112-56-60(18-8)26-22-14-4/h27-50,57-60H,11-26,53-56H2,1-8H3/b75-43-,76-44-,85-83-,86-84+. The van der Waals surface area contributed by atoms with Crippen molar-refractivity contribution < 1.29 is 28.5 Å². The predicted molar refractivity (Wildman–Crippen MR) is 481 cm³/mol. The van der Waals surface area contributed by atoms with Crippen LogP contribution in [0.5, 0.6) is 23.0 Å². The number of ketones is 2. The van der Waals surface area contributed by atoms with E-state index in [1.807, 2.05) is 12.2 Å². The molecule has 4 atom stereocenters. The Labute approximate surface area is 718 Å². The molecule has 4 aliphatic rings. The Morgan fingerprint density at radius 2 is 0.690 bits per heavy atom. The first-order valence-corrected chi connectivity index (χ1v) is 45.6. The fourth-order valence-corrected chi connectivity index (χ4v) is 23.8. The number of Topliss-reactive ketones (excluding diaryl/α,β-unsaturated/α-hetero) is 2. The van der Waals surface area contributed by atoms with Crippen LogP contribution in [0.1, 0.15) is 243 Å². The van der Waals surface area contributed by atoms with E-state index in [2.05, 4.69) is 186 Å². The summed E-state index contributed by atoms with van der Waals surface area (Å²) < 4.78 is 29.2. The monoisotopic (exact) mass is 1690 g/mol. The Morgan fingerprint density at radius 3 is 0.940 bits per heavy atom. The van der Waals surface area contributed by atoms with E-state index in [0.29, 0.717) is 61.2 Å². The van der Waals surface area contributed by atoms with Crippen molar-refractivity contribution in [1.29, 1.82) is 10.5 Å². The van der Waals surface area contributed by atoms with E-state index < -0.39 is 10.8 Å². The van der Waals surface area contributed by atoms with Crippen LogP contribution in [0, 0.1) is 59.5 Å². The van der Waals surface area contributed by atoms with Gasteiger partial charge in [0.2, 0.25) is 0 Å². The van der Waals surface area contributed by atoms with Crippen molar-refractivity contribution in [2.24, 2.45) is 23.7 Å². The number of fused-ring (bicyclic) bond motifs is 11. The Bertz CT molecular complexity index is 5220. The fraction of sp³-hybridized carbons (Fsp3) is 0.347. The molecule has 10 aromatic rings. The Hall–Kier alpha value is -9.00. The number of nitrogens with zero attached hydrogens (tertiary/aromatic N) is 4. The van der Waals surface area contributed by atoms with Gasteiger partial charge < -0.3 is 18.9 Å². The zero-order valence-electron chi connectivity index (χ0n) is 66.7. The van der Waals surface area contributed by atoms with Crippen LogP contribution >= 0.6 is 91.8 Å². The minimum atomic E-state index is -1.07. The topological polar surface area (TPSA) is 127 Å². The van der Waals surface area contributed by atoms with E-state index >= 15 is 9.59 Å². The molecule has 6 aromatic carbocycles. The third-order valence-electron chi connectivity index (χ3n) is 23.9. The average Bonchev–Trinajstić information content (AvgIpc) is 1.48. The smallest absolute Gasteiger partial charge is 0.270 e. The molecular formula is C98H92Cl4N4O6S4. The van der Waals surface area contributed by atoms with Crippen molar-refractivity contribution in [1.82, 2.24) is 0 Å². The number of allylic oxidation sites excluding steroid dienone is 6. The first-order valence-electron chi connectivity index (χ1n) is 40.8. The van der Waals surface area contributed by atoms with Gasteiger partial charge in [0.05, 0.1) is 92.0 Å². The molecule has 116 heavy (non-hydrogen) atoms. The van der Waals surface area contributed by atoms with Gasteiger partial charge >= 0.3 is 0 Å². The zero-order chi connectivity index (χ0) is 81.7. The second-order valence-corrected chi connectivity index (χ2v) is 36.7. The highest BCUT2D eigenvalue weighted by atomic mass is 35.5. The molecular weight excluding hydrogens is 1600 g/mol. The molecule has 0 radical (unpaired) electrons. The molecule has 0 amide bonds. The largest absolute Gasteiger partial charge is 0.493 e. The molecule has 4 aromatic heterocycles. The van der Waals surface area contributed by atoms with Crippen molar-refractivity contribution in [3.8, 4) is 56.0 Å². The number of ether oxygens (including phenoxy) is 4. The summed E-state index contributed by atoms with van der Waals surface area (Å²) in [5.74, 6) is 3.87. The molecule has 0 N–H and O–H groups in total. The maximum absolute atomic E-state index is 15.1. The van der Waals surface area contributed by atoms with Crippen LogP contribution in [0.15, 0.2) is 156 Å². The van der Waals surface area contributed by atoms with Gasteiger partial charge in [-0.3, -0.25) is 9.59 Å². The summed E-state index contributed by atoms with van der Waals surface area (Å²) in [7, 11) is 0. The first-order chi connectivity index (χ1) is 56.4. The summed E-state index contributed by atoms with van der Waals surface area (Å²) in [6.45, 7) is 36.8. The van der Waals surface area contributed by atoms with Gasteiger partial charge in [-0.25, -0.2) is 20.2 Å². The summed E-state index contributed by atoms with van der Waals surface area (Å²) in [5.41, 5.74) is 7.53. The summed E-state index contributed by atoms with van der Waals surface area (Å²) >= 11 is 33.5. The SMILES string of the molecule is [C-]#[N+]/C(C#N)=C1\C(=C\c2cc3c(s2)C(c2ccc(OCC(CC)CCCC)cc2)(c2ccc(OCC(CC)CCCC)cc2)c2c-3sc3c4c(sc23)-c2cc(/C=C3\C(=O)c5cc(Cl)c(Cl)cc5\C3=C(\C#N)[N+]#[C-])sc2C4(c2ccc(OCC(CC)CCCC)cc2)c2ccc(OCC(CC)CCCC)cc2)C(=O)c2cc(Cl)c(Cl)cc21. The maximum Gasteiger partial charge on any atom is 0.270 e. The van der Waals surface area contributed by atoms with Crippen molar-refractivity contribution in [3.05, 3.63) is 274 Å². The molecule has 0 saturated heterocycles. The van der Waals surface area contributed by atoms with Gasteiger partial charge in [-0.15, -0.1) is 45.3 Å². The van der Waals surface area contributed by atoms with E-state index in [-0.39, 0.29) is 76.5 Å². The summed E-state index contributed by atoms with van der Waals surface area (Å²) in [5, 5.41) is 22.1. The van der Waals surface area contributed by atoms with E-state index in [4.69, 9.17) is 78.5 Å². The third kappa shape index (κ3) is 15.5. The average molecular weight is 1690 g/mol. The van der Waals surface area contributed by atoms with Crippen molar-refractivity contribution in [2.45, 2.75) is 169 Å². The minimum Gasteiger partial charge on any atom is -0.493 e. The van der Waals surface area contributed by atoms with E-state index in [1.54, 1.807) is 57.5 Å². The number of rotatable bonds is 34. The lowest BCUT2D eigenvalue weighted by atomic mass is 9.70. The summed E-state index contributed by atoms with van der Waals surface area (Å²) in [6, 6.07) is 49.5. The molecule has 4 aliphatic carbocycles. The van der Waals surface area contributed by atoms with Gasteiger partial charge in [0.1, 0.15) is 23.0 Å². The summed E-state index contributed by atoms with van der Waals surface area (Å²) in [6.07, 6.45) is 20.9. The van der Waals surface area contributed by atoms with Gasteiger partial charge in [-0.05, 0) is 180 Å². The number of carbonyl (C=O) groups is 2. The van der Waals surface area contributed by atoms with Crippen molar-refractivity contribution in [3.63, 3.8) is 0 Å². The lowest BCUT2D eigenvalue weighted by Crippen LogP contribution is -2.28. The number of nitriles is 2. The molecule has 4 unspecified atom stereocenters. The van der Waals surface area contributed by atoms with Crippen LogP contribution in [0.3, 0.4) is 0 Å². The van der Waals surface area contributed by atoms with E-state index in [1.165, 1.54) is 12.1 Å². The van der Waals surface area contributed by atoms with Crippen LogP contribution in [0.25, 0.3) is 63.3 Å². The van der Waals surface area contributed by atoms with Gasteiger partial charge in [0.25, 0.3) is 11.4 Å². The van der Waals surface area contributed by atoms with Crippen LogP contribution in [0.4, 0.5) is 0 Å². The number of hydrogen-bond donors (Lipinski definition) is 0. The second-order valence-electron chi connectivity index (χ2n) is 30.9. The number of carbonyl (C=O) groups excluding carboxylic acids is 2. The molecule has 18 heteroatoms. The molecule has 10 nitrogen and oxygen atoms in total. The number of unbranched alkanes of at least 4 members (excludes halogenated alkanes) is 4.